The molecule has 0 N–H and O–H groups in total. The molecule has 6 rings (SSSR count). The zero-order valence-electron chi connectivity index (χ0n) is 14.3. The van der Waals surface area contributed by atoms with Gasteiger partial charge in [-0.15, -0.1) is 0 Å². The zero-order chi connectivity index (χ0) is 17.8. The molecule has 0 saturated carbocycles. The number of fused-ring (bicyclic) bond motifs is 6. The second-order valence-electron chi connectivity index (χ2n) is 6.56. The van der Waals surface area contributed by atoms with Gasteiger partial charge in [-0.05, 0) is 30.3 Å². The Morgan fingerprint density at radius 1 is 0.593 bits per heavy atom. The van der Waals surface area contributed by atoms with Crippen molar-refractivity contribution in [2.45, 2.75) is 0 Å². The van der Waals surface area contributed by atoms with Crippen LogP contribution in [-0.2, 0) is 0 Å². The van der Waals surface area contributed by atoms with E-state index in [0.717, 1.165) is 49.5 Å². The van der Waals surface area contributed by atoms with Crippen molar-refractivity contribution in [2.24, 2.45) is 0 Å². The first-order valence-electron chi connectivity index (χ1n) is 8.80. The average molecular weight is 347 g/mol. The lowest BCUT2D eigenvalue weighted by atomic mass is 10.1. The summed E-state index contributed by atoms with van der Waals surface area (Å²) in [5, 5.41) is 4.24. The first-order chi connectivity index (χ1) is 13.4. The monoisotopic (exact) mass is 347 g/mol. The van der Waals surface area contributed by atoms with Crippen LogP contribution >= 0.6 is 0 Å². The SMILES string of the molecule is c1cnc2c(c1)ccc1ccc(-c3ccc4c(n3)oc3ccccc34)nc12. The second kappa shape index (κ2) is 5.35. The van der Waals surface area contributed by atoms with Crippen LogP contribution in [0.1, 0.15) is 0 Å². The molecule has 4 heterocycles. The molecule has 0 aliphatic rings. The van der Waals surface area contributed by atoms with Crippen molar-refractivity contribution < 1.29 is 4.42 Å². The lowest BCUT2D eigenvalue weighted by Crippen LogP contribution is -1.90. The summed E-state index contributed by atoms with van der Waals surface area (Å²) in [6.45, 7) is 0. The van der Waals surface area contributed by atoms with E-state index in [1.807, 2.05) is 36.4 Å². The van der Waals surface area contributed by atoms with Gasteiger partial charge in [-0.25, -0.2) is 9.97 Å². The molecule has 0 spiro atoms. The van der Waals surface area contributed by atoms with Gasteiger partial charge in [0, 0.05) is 27.7 Å². The second-order valence-corrected chi connectivity index (χ2v) is 6.56. The molecule has 27 heavy (non-hydrogen) atoms. The van der Waals surface area contributed by atoms with E-state index >= 15 is 0 Å². The van der Waals surface area contributed by atoms with Crippen molar-refractivity contribution in [1.82, 2.24) is 15.0 Å². The summed E-state index contributed by atoms with van der Waals surface area (Å²) < 4.78 is 5.92. The van der Waals surface area contributed by atoms with Crippen LogP contribution in [0.4, 0.5) is 0 Å². The third kappa shape index (κ3) is 2.13. The Bertz CT molecular complexity index is 1480. The lowest BCUT2D eigenvalue weighted by Gasteiger charge is -2.05. The van der Waals surface area contributed by atoms with Crippen LogP contribution in [0.15, 0.2) is 83.4 Å². The van der Waals surface area contributed by atoms with Gasteiger partial charge in [0.25, 0.3) is 0 Å². The lowest BCUT2D eigenvalue weighted by molar-refractivity contribution is 0.654. The van der Waals surface area contributed by atoms with Crippen molar-refractivity contribution in [1.29, 1.82) is 0 Å². The summed E-state index contributed by atoms with van der Waals surface area (Å²) in [4.78, 5) is 14.1. The fraction of sp³-hybridized carbons (Fsp3) is 0. The number of para-hydroxylation sites is 1. The molecular weight excluding hydrogens is 334 g/mol. The minimum absolute atomic E-state index is 0.631. The van der Waals surface area contributed by atoms with E-state index in [9.17, 15) is 0 Å². The third-order valence-corrected chi connectivity index (χ3v) is 4.94. The van der Waals surface area contributed by atoms with Crippen molar-refractivity contribution >= 4 is 43.9 Å². The smallest absolute Gasteiger partial charge is 0.227 e. The van der Waals surface area contributed by atoms with E-state index in [4.69, 9.17) is 14.4 Å². The third-order valence-electron chi connectivity index (χ3n) is 4.94. The van der Waals surface area contributed by atoms with Gasteiger partial charge in [-0.2, -0.15) is 0 Å². The number of nitrogens with zero attached hydrogens (tertiary/aromatic N) is 3. The molecule has 4 aromatic heterocycles. The highest BCUT2D eigenvalue weighted by Gasteiger charge is 2.11. The number of hydrogen-bond acceptors (Lipinski definition) is 4. The van der Waals surface area contributed by atoms with Crippen LogP contribution in [0.25, 0.3) is 55.3 Å². The van der Waals surface area contributed by atoms with E-state index in [-0.39, 0.29) is 0 Å². The summed E-state index contributed by atoms with van der Waals surface area (Å²) in [5.41, 5.74) is 4.86. The summed E-state index contributed by atoms with van der Waals surface area (Å²) in [5.74, 6) is 0. The van der Waals surface area contributed by atoms with E-state index in [1.165, 1.54) is 0 Å². The molecule has 6 aromatic rings. The molecule has 0 aliphatic carbocycles. The first kappa shape index (κ1) is 14.4. The van der Waals surface area contributed by atoms with E-state index in [1.54, 1.807) is 6.20 Å². The van der Waals surface area contributed by atoms with Gasteiger partial charge >= 0.3 is 0 Å². The van der Waals surface area contributed by atoms with Crippen molar-refractivity contribution in [3.05, 3.63) is 79.0 Å². The maximum absolute atomic E-state index is 5.92. The normalized spacial score (nSPS) is 11.7. The number of pyridine rings is 3. The topological polar surface area (TPSA) is 51.8 Å². The minimum Gasteiger partial charge on any atom is -0.438 e. The molecule has 0 amide bonds. The molecule has 126 valence electrons. The van der Waals surface area contributed by atoms with Crippen LogP contribution in [-0.4, -0.2) is 15.0 Å². The molecule has 0 unspecified atom stereocenters. The predicted octanol–water partition coefficient (Wildman–Crippen LogP) is 5.74. The molecular formula is C23H13N3O. The molecule has 4 nitrogen and oxygen atoms in total. The minimum atomic E-state index is 0.631. The van der Waals surface area contributed by atoms with E-state index < -0.39 is 0 Å². The van der Waals surface area contributed by atoms with Crippen LogP contribution in [0.2, 0.25) is 0 Å². The molecule has 4 heteroatoms. The standard InChI is InChI=1S/C23H13N3O/c1-2-6-20-16(5-1)17-10-12-19(26-23(17)27-20)18-11-9-15-8-7-14-4-3-13-24-21(14)22(15)25-18/h1-13H. The highest BCUT2D eigenvalue weighted by Crippen LogP contribution is 2.30. The highest BCUT2D eigenvalue weighted by atomic mass is 16.3. The quantitative estimate of drug-likeness (QED) is 0.356. The van der Waals surface area contributed by atoms with Gasteiger partial charge in [0.05, 0.1) is 22.4 Å². The van der Waals surface area contributed by atoms with Gasteiger partial charge in [-0.1, -0.05) is 42.5 Å². The predicted molar refractivity (Wildman–Crippen MR) is 108 cm³/mol. The maximum atomic E-state index is 5.92. The van der Waals surface area contributed by atoms with E-state index in [0.29, 0.717) is 5.71 Å². The fourth-order valence-corrected chi connectivity index (χ4v) is 3.61. The Balaban J connectivity index is 1.60. The number of rotatable bonds is 1. The van der Waals surface area contributed by atoms with Crippen molar-refractivity contribution in [3.63, 3.8) is 0 Å². The van der Waals surface area contributed by atoms with Crippen molar-refractivity contribution in [3.8, 4) is 11.4 Å². The van der Waals surface area contributed by atoms with Crippen LogP contribution in [0, 0.1) is 0 Å². The molecule has 0 aliphatic heterocycles. The Morgan fingerprint density at radius 2 is 1.37 bits per heavy atom. The van der Waals surface area contributed by atoms with Gasteiger partial charge < -0.3 is 4.42 Å². The largest absolute Gasteiger partial charge is 0.438 e. The number of furan rings is 1. The Hall–Kier alpha value is -3.79. The number of aromatic nitrogens is 3. The molecule has 0 atom stereocenters. The maximum Gasteiger partial charge on any atom is 0.227 e. The van der Waals surface area contributed by atoms with Crippen molar-refractivity contribution in [2.75, 3.05) is 0 Å². The first-order valence-corrected chi connectivity index (χ1v) is 8.80. The summed E-state index contributed by atoms with van der Waals surface area (Å²) in [7, 11) is 0. The van der Waals surface area contributed by atoms with Crippen LogP contribution < -0.4 is 0 Å². The van der Waals surface area contributed by atoms with Gasteiger partial charge in [0.1, 0.15) is 5.58 Å². The highest BCUT2D eigenvalue weighted by molar-refractivity contribution is 6.05. The van der Waals surface area contributed by atoms with Gasteiger partial charge in [0.2, 0.25) is 5.71 Å². The molecule has 2 aromatic carbocycles. The molecule has 0 radical (unpaired) electrons. The summed E-state index contributed by atoms with van der Waals surface area (Å²) in [6, 6.07) is 24.2. The molecule has 0 fully saturated rings. The fourth-order valence-electron chi connectivity index (χ4n) is 3.61. The average Bonchev–Trinajstić information content (AvgIpc) is 3.11. The number of hydrogen-bond donors (Lipinski definition) is 0. The zero-order valence-corrected chi connectivity index (χ0v) is 14.3. The Kier molecular flexibility index (Phi) is 2.85. The molecule has 0 saturated heterocycles. The van der Waals surface area contributed by atoms with Gasteiger partial charge in [0.15, 0.2) is 0 Å². The van der Waals surface area contributed by atoms with Crippen LogP contribution in [0.5, 0.6) is 0 Å². The molecule has 0 bridgehead atoms. The van der Waals surface area contributed by atoms with Crippen LogP contribution in [0.3, 0.4) is 0 Å². The van der Waals surface area contributed by atoms with Gasteiger partial charge in [-0.3, -0.25) is 4.98 Å². The number of benzene rings is 2. The van der Waals surface area contributed by atoms with E-state index in [2.05, 4.69) is 41.4 Å². The summed E-state index contributed by atoms with van der Waals surface area (Å²) >= 11 is 0. The Morgan fingerprint density at radius 3 is 2.33 bits per heavy atom. The summed E-state index contributed by atoms with van der Waals surface area (Å²) in [6.07, 6.45) is 1.80. The Labute approximate surface area is 154 Å².